The van der Waals surface area contributed by atoms with Gasteiger partial charge in [-0.15, -0.1) is 0 Å². The van der Waals surface area contributed by atoms with Crippen LogP contribution in [0.15, 0.2) is 54.7 Å². The smallest absolute Gasteiger partial charge is 0.307 e. The van der Waals surface area contributed by atoms with E-state index >= 15 is 0 Å². The molecule has 7 heteroatoms. The predicted molar refractivity (Wildman–Crippen MR) is 103 cm³/mol. The highest BCUT2D eigenvalue weighted by molar-refractivity contribution is 7.87. The Labute approximate surface area is 151 Å². The molecular formula is C19H17N3O3S. The van der Waals surface area contributed by atoms with Crippen LogP contribution < -0.4 is 5.32 Å². The average molecular weight is 367 g/mol. The Hall–Kier alpha value is -2.90. The topological polar surface area (TPSA) is 71.4 Å². The molecule has 0 atom stereocenters. The van der Waals surface area contributed by atoms with E-state index in [1.807, 2.05) is 36.4 Å². The number of para-hydroxylation sites is 2. The summed E-state index contributed by atoms with van der Waals surface area (Å²) in [7, 11) is -0.692. The fourth-order valence-corrected chi connectivity index (χ4v) is 4.10. The van der Waals surface area contributed by atoms with Gasteiger partial charge in [0.1, 0.15) is 0 Å². The van der Waals surface area contributed by atoms with E-state index in [1.54, 1.807) is 24.4 Å². The molecule has 132 valence electrons. The third-order valence-corrected chi connectivity index (χ3v) is 6.15. The zero-order valence-corrected chi connectivity index (χ0v) is 15.1. The Morgan fingerprint density at radius 3 is 2.50 bits per heavy atom. The first-order chi connectivity index (χ1) is 12.4. The molecule has 1 amide bonds. The van der Waals surface area contributed by atoms with Crippen LogP contribution in [0.5, 0.6) is 0 Å². The van der Waals surface area contributed by atoms with Gasteiger partial charge in [0.2, 0.25) is 0 Å². The maximum absolute atomic E-state index is 12.6. The first-order valence-corrected chi connectivity index (χ1v) is 9.45. The molecular weight excluding hydrogens is 350 g/mol. The summed E-state index contributed by atoms with van der Waals surface area (Å²) in [6.07, 6.45) is 3.30. The predicted octanol–water partition coefficient (Wildman–Crippen LogP) is 2.79. The van der Waals surface area contributed by atoms with E-state index in [2.05, 4.69) is 5.32 Å². The molecule has 0 fully saturated rings. The van der Waals surface area contributed by atoms with Gasteiger partial charge in [-0.25, -0.2) is 3.97 Å². The molecule has 6 nitrogen and oxygen atoms in total. The van der Waals surface area contributed by atoms with E-state index in [9.17, 15) is 13.2 Å². The first-order valence-electron chi connectivity index (χ1n) is 8.05. The van der Waals surface area contributed by atoms with E-state index in [4.69, 9.17) is 0 Å². The largest absolute Gasteiger partial charge is 0.321 e. The number of nitrogens with one attached hydrogen (secondary N) is 1. The van der Waals surface area contributed by atoms with Gasteiger partial charge in [0.15, 0.2) is 0 Å². The summed E-state index contributed by atoms with van der Waals surface area (Å²) in [6, 6.07) is 14.7. The third kappa shape index (κ3) is 2.44. The van der Waals surface area contributed by atoms with E-state index in [1.165, 1.54) is 18.1 Å². The molecule has 1 aromatic heterocycles. The molecule has 0 unspecified atom stereocenters. The van der Waals surface area contributed by atoms with Crippen LogP contribution in [-0.4, -0.2) is 36.7 Å². The number of nitrogens with zero attached hydrogens (tertiary/aromatic N) is 2. The van der Waals surface area contributed by atoms with Crippen LogP contribution in [0.2, 0.25) is 0 Å². The van der Waals surface area contributed by atoms with Crippen LogP contribution in [0.25, 0.3) is 22.6 Å². The van der Waals surface area contributed by atoms with Crippen molar-refractivity contribution in [1.82, 2.24) is 8.28 Å². The molecule has 1 N–H and O–H groups in total. The number of rotatable bonds is 3. The van der Waals surface area contributed by atoms with Gasteiger partial charge in [0.05, 0.1) is 5.52 Å². The van der Waals surface area contributed by atoms with Crippen molar-refractivity contribution in [3.05, 3.63) is 65.9 Å². The van der Waals surface area contributed by atoms with E-state index in [0.29, 0.717) is 16.7 Å². The molecule has 2 aromatic carbocycles. The Balaban J connectivity index is 1.96. The zero-order valence-electron chi connectivity index (χ0n) is 14.3. The number of hydrogen-bond acceptors (Lipinski definition) is 3. The lowest BCUT2D eigenvalue weighted by molar-refractivity contribution is -0.110. The molecule has 4 rings (SSSR count). The lowest BCUT2D eigenvalue weighted by Gasteiger charge is -2.12. The van der Waals surface area contributed by atoms with Gasteiger partial charge in [-0.3, -0.25) is 4.79 Å². The molecule has 0 saturated carbocycles. The Bertz CT molecular complexity index is 1170. The van der Waals surface area contributed by atoms with Crippen molar-refractivity contribution in [2.24, 2.45) is 0 Å². The molecule has 0 saturated heterocycles. The van der Waals surface area contributed by atoms with Crippen LogP contribution >= 0.6 is 0 Å². The number of aromatic nitrogens is 1. The van der Waals surface area contributed by atoms with Crippen molar-refractivity contribution in [2.75, 3.05) is 19.4 Å². The van der Waals surface area contributed by atoms with Gasteiger partial charge in [-0.2, -0.15) is 12.7 Å². The Morgan fingerprint density at radius 2 is 1.73 bits per heavy atom. The van der Waals surface area contributed by atoms with Crippen LogP contribution in [0.3, 0.4) is 0 Å². The van der Waals surface area contributed by atoms with Gasteiger partial charge in [-0.1, -0.05) is 36.4 Å². The quantitative estimate of drug-likeness (QED) is 0.724. The van der Waals surface area contributed by atoms with Gasteiger partial charge >= 0.3 is 10.2 Å². The van der Waals surface area contributed by atoms with E-state index in [0.717, 1.165) is 20.9 Å². The van der Waals surface area contributed by atoms with Crippen LogP contribution in [0.1, 0.15) is 11.1 Å². The number of amides is 1. The lowest BCUT2D eigenvalue weighted by Crippen LogP contribution is -2.28. The van der Waals surface area contributed by atoms with Gasteiger partial charge in [0, 0.05) is 48.1 Å². The lowest BCUT2D eigenvalue weighted by atomic mass is 10.0. The van der Waals surface area contributed by atoms with Crippen molar-refractivity contribution >= 4 is 44.4 Å². The molecule has 0 bridgehead atoms. The highest BCUT2D eigenvalue weighted by Gasteiger charge is 2.25. The summed E-state index contributed by atoms with van der Waals surface area (Å²) in [4.78, 5) is 12.4. The number of carbonyl (C=O) groups excluding carboxylic acids is 1. The molecule has 3 aromatic rings. The molecule has 26 heavy (non-hydrogen) atoms. The van der Waals surface area contributed by atoms with Crippen LogP contribution in [0, 0.1) is 0 Å². The number of fused-ring (bicyclic) bond motifs is 2. The summed E-state index contributed by atoms with van der Waals surface area (Å²) >= 11 is 0. The van der Waals surface area contributed by atoms with Gasteiger partial charge in [-0.05, 0) is 18.2 Å². The van der Waals surface area contributed by atoms with Gasteiger partial charge in [0.25, 0.3) is 5.91 Å². The van der Waals surface area contributed by atoms with Crippen LogP contribution in [0.4, 0.5) is 5.69 Å². The van der Waals surface area contributed by atoms with E-state index < -0.39 is 10.2 Å². The highest BCUT2D eigenvalue weighted by atomic mass is 32.2. The second-order valence-corrected chi connectivity index (χ2v) is 8.26. The summed E-state index contributed by atoms with van der Waals surface area (Å²) in [5.41, 5.74) is 3.33. The maximum Gasteiger partial charge on any atom is 0.307 e. The Kier molecular flexibility index (Phi) is 3.71. The average Bonchev–Trinajstić information content (AvgIpc) is 3.14. The zero-order chi connectivity index (χ0) is 18.5. The second-order valence-electron chi connectivity index (χ2n) is 6.25. The fraction of sp³-hybridized carbons (Fsp3) is 0.105. The minimum atomic E-state index is -3.67. The van der Waals surface area contributed by atoms with Crippen LogP contribution in [-0.2, 0) is 15.0 Å². The molecule has 0 spiro atoms. The summed E-state index contributed by atoms with van der Waals surface area (Å²) < 4.78 is 27.7. The van der Waals surface area contributed by atoms with Crippen molar-refractivity contribution in [1.29, 1.82) is 0 Å². The third-order valence-electron chi connectivity index (χ3n) is 4.43. The number of hydrogen-bond donors (Lipinski definition) is 1. The molecule has 1 aliphatic heterocycles. The van der Waals surface area contributed by atoms with E-state index in [-0.39, 0.29) is 5.91 Å². The SMILES string of the molecule is CN(C)S(=O)(=O)n1cc(/C=C2\C(=O)Nc3ccccc32)c2ccccc21. The normalized spacial score (nSPS) is 15.7. The first kappa shape index (κ1) is 16.6. The van der Waals surface area contributed by atoms with Crippen molar-refractivity contribution in [3.8, 4) is 0 Å². The molecule has 1 aliphatic rings. The maximum atomic E-state index is 12.6. The molecule has 2 heterocycles. The van der Waals surface area contributed by atoms with Crippen molar-refractivity contribution in [3.63, 3.8) is 0 Å². The minimum Gasteiger partial charge on any atom is -0.321 e. The number of anilines is 1. The standard InChI is InChI=1S/C19H17N3O3S/c1-21(2)26(24,25)22-12-13(14-7-4-6-10-18(14)22)11-16-15-8-3-5-9-17(15)20-19(16)23/h3-12H,1-2H3,(H,20,23)/b16-11-. The summed E-state index contributed by atoms with van der Waals surface area (Å²) in [5.74, 6) is -0.196. The molecule has 0 aliphatic carbocycles. The highest BCUT2D eigenvalue weighted by Crippen LogP contribution is 2.34. The monoisotopic (exact) mass is 367 g/mol. The fourth-order valence-electron chi connectivity index (χ4n) is 3.09. The second kappa shape index (κ2) is 5.82. The summed E-state index contributed by atoms with van der Waals surface area (Å²) in [5, 5.41) is 3.60. The van der Waals surface area contributed by atoms with Crippen molar-refractivity contribution in [2.45, 2.75) is 0 Å². The summed E-state index contributed by atoms with van der Waals surface area (Å²) in [6.45, 7) is 0. The Morgan fingerprint density at radius 1 is 1.04 bits per heavy atom. The minimum absolute atomic E-state index is 0.196. The number of benzene rings is 2. The van der Waals surface area contributed by atoms with Crippen molar-refractivity contribution < 1.29 is 13.2 Å². The van der Waals surface area contributed by atoms with Gasteiger partial charge < -0.3 is 5.32 Å². The molecule has 0 radical (unpaired) electrons. The number of carbonyl (C=O) groups is 1.